The largest absolute Gasteiger partial charge is 0.474 e. The molecule has 0 atom stereocenters. The normalized spacial score (nSPS) is 10.4. The number of methoxy groups -OCH3 is 2. The maximum absolute atomic E-state index is 11.2. The summed E-state index contributed by atoms with van der Waals surface area (Å²) in [5, 5.41) is 0. The van der Waals surface area contributed by atoms with Crippen LogP contribution in [-0.2, 0) is 33.3 Å². The Labute approximate surface area is 98.3 Å². The second-order valence-electron chi connectivity index (χ2n) is 2.62. The van der Waals surface area contributed by atoms with Crippen molar-refractivity contribution in [3.05, 3.63) is 11.8 Å². The van der Waals surface area contributed by atoms with E-state index in [1.807, 2.05) is 0 Å². The molecule has 0 radical (unpaired) electrons. The average molecular weight is 246 g/mol. The molecular weight excluding hydrogens is 232 g/mol. The Morgan fingerprint density at radius 1 is 1.06 bits per heavy atom. The molecule has 0 heterocycles. The first-order chi connectivity index (χ1) is 8.04. The Kier molecular flexibility index (Phi) is 7.16. The molecule has 0 fully saturated rings. The molecule has 0 rings (SSSR count). The highest BCUT2D eigenvalue weighted by Gasteiger charge is 2.16. The maximum Gasteiger partial charge on any atom is 0.373 e. The Morgan fingerprint density at radius 2 is 1.71 bits per heavy atom. The van der Waals surface area contributed by atoms with Gasteiger partial charge in [-0.1, -0.05) is 0 Å². The smallest absolute Gasteiger partial charge is 0.373 e. The molecule has 17 heavy (non-hydrogen) atoms. The molecule has 96 valence electrons. The molecule has 0 aliphatic rings. The molecule has 0 spiro atoms. The highest BCUT2D eigenvalue weighted by Crippen LogP contribution is 2.01. The molecule has 0 saturated heterocycles. The highest BCUT2D eigenvalue weighted by molar-refractivity contribution is 5.94. The van der Waals surface area contributed by atoms with Crippen LogP contribution in [0.4, 0.5) is 0 Å². The first-order valence-electron chi connectivity index (χ1n) is 4.71. The third-order valence-electron chi connectivity index (χ3n) is 1.49. The van der Waals surface area contributed by atoms with E-state index in [1.165, 1.54) is 0 Å². The lowest BCUT2D eigenvalue weighted by molar-refractivity contribution is -0.150. The number of esters is 3. The molecule has 0 aromatic carbocycles. The maximum atomic E-state index is 11.2. The molecule has 0 aromatic rings. The van der Waals surface area contributed by atoms with Crippen molar-refractivity contribution in [3.63, 3.8) is 0 Å². The molecule has 0 saturated carbocycles. The molecular formula is C10H14O7. The van der Waals surface area contributed by atoms with Crippen molar-refractivity contribution in [1.29, 1.82) is 0 Å². The number of carbonyl (C=O) groups is 3. The summed E-state index contributed by atoms with van der Waals surface area (Å²) in [7, 11) is 2.25. The van der Waals surface area contributed by atoms with Gasteiger partial charge in [-0.15, -0.1) is 0 Å². The fraction of sp³-hybridized carbons (Fsp3) is 0.500. The van der Waals surface area contributed by atoms with Gasteiger partial charge in [0.05, 0.1) is 26.9 Å². The van der Waals surface area contributed by atoms with Gasteiger partial charge < -0.3 is 18.9 Å². The quantitative estimate of drug-likeness (QED) is 0.277. The second kappa shape index (κ2) is 8.14. The van der Waals surface area contributed by atoms with Gasteiger partial charge in [0.2, 0.25) is 5.76 Å². The van der Waals surface area contributed by atoms with Gasteiger partial charge in [0.25, 0.3) is 0 Å². The van der Waals surface area contributed by atoms with E-state index < -0.39 is 30.3 Å². The summed E-state index contributed by atoms with van der Waals surface area (Å²) in [5.74, 6) is -2.77. The Bertz CT molecular complexity index is 319. The fourth-order valence-electron chi connectivity index (χ4n) is 0.765. The summed E-state index contributed by atoms with van der Waals surface area (Å²) in [6.45, 7) is 1.33. The highest BCUT2D eigenvalue weighted by atomic mass is 16.6. The van der Waals surface area contributed by atoms with Crippen molar-refractivity contribution in [1.82, 2.24) is 0 Å². The van der Waals surface area contributed by atoms with Crippen LogP contribution in [0.25, 0.3) is 0 Å². The van der Waals surface area contributed by atoms with E-state index >= 15 is 0 Å². The third-order valence-corrected chi connectivity index (χ3v) is 1.49. The third kappa shape index (κ3) is 6.18. The Balaban J connectivity index is 4.51. The number of ether oxygens (including phenoxy) is 4. The van der Waals surface area contributed by atoms with Crippen LogP contribution >= 0.6 is 0 Å². The van der Waals surface area contributed by atoms with Gasteiger partial charge in [-0.3, -0.25) is 0 Å². The van der Waals surface area contributed by atoms with Crippen LogP contribution in [0.15, 0.2) is 11.8 Å². The molecule has 7 nitrogen and oxygen atoms in total. The van der Waals surface area contributed by atoms with Crippen LogP contribution < -0.4 is 0 Å². The number of hydrogen-bond donors (Lipinski definition) is 0. The average Bonchev–Trinajstić information content (AvgIpc) is 2.33. The van der Waals surface area contributed by atoms with E-state index in [0.29, 0.717) is 0 Å². The second-order valence-corrected chi connectivity index (χ2v) is 2.62. The van der Waals surface area contributed by atoms with E-state index in [1.54, 1.807) is 6.92 Å². The zero-order chi connectivity index (χ0) is 13.3. The SMILES string of the molecule is CCOC(=O)CO/C(=C/C(=O)OC)C(=O)OC. The molecule has 0 aromatic heterocycles. The van der Waals surface area contributed by atoms with Crippen molar-refractivity contribution in [2.75, 3.05) is 27.4 Å². The Hall–Kier alpha value is -2.05. The Morgan fingerprint density at radius 3 is 2.18 bits per heavy atom. The minimum absolute atomic E-state index is 0.191. The monoisotopic (exact) mass is 246 g/mol. The van der Waals surface area contributed by atoms with Crippen molar-refractivity contribution in [2.24, 2.45) is 0 Å². The molecule has 0 unspecified atom stereocenters. The molecule has 0 aliphatic carbocycles. The van der Waals surface area contributed by atoms with Crippen LogP contribution in [0.1, 0.15) is 6.92 Å². The van der Waals surface area contributed by atoms with E-state index in [2.05, 4.69) is 14.2 Å². The zero-order valence-electron chi connectivity index (χ0n) is 9.85. The lowest BCUT2D eigenvalue weighted by Gasteiger charge is -2.07. The van der Waals surface area contributed by atoms with Crippen molar-refractivity contribution >= 4 is 17.9 Å². The summed E-state index contributed by atoms with van der Waals surface area (Å²) < 4.78 is 18.0. The summed E-state index contributed by atoms with van der Waals surface area (Å²) in [4.78, 5) is 33.0. The molecule has 0 N–H and O–H groups in total. The van der Waals surface area contributed by atoms with Gasteiger partial charge in [-0.2, -0.15) is 0 Å². The van der Waals surface area contributed by atoms with Crippen LogP contribution in [-0.4, -0.2) is 45.3 Å². The predicted octanol–water partition coefficient (Wildman–Crippen LogP) is -0.204. The van der Waals surface area contributed by atoms with Crippen LogP contribution in [0.3, 0.4) is 0 Å². The number of carbonyl (C=O) groups excluding carboxylic acids is 3. The molecule has 0 bridgehead atoms. The zero-order valence-corrected chi connectivity index (χ0v) is 9.85. The van der Waals surface area contributed by atoms with Crippen molar-refractivity contribution in [3.8, 4) is 0 Å². The van der Waals surface area contributed by atoms with Crippen LogP contribution in [0, 0.1) is 0 Å². The number of hydrogen-bond acceptors (Lipinski definition) is 7. The molecule has 7 heteroatoms. The predicted molar refractivity (Wildman–Crippen MR) is 54.7 cm³/mol. The first-order valence-corrected chi connectivity index (χ1v) is 4.71. The molecule has 0 aliphatic heterocycles. The molecule has 0 amide bonds. The van der Waals surface area contributed by atoms with E-state index in [4.69, 9.17) is 4.74 Å². The lowest BCUT2D eigenvalue weighted by Crippen LogP contribution is -2.17. The van der Waals surface area contributed by atoms with Crippen LogP contribution in [0.2, 0.25) is 0 Å². The minimum atomic E-state index is -0.889. The van der Waals surface area contributed by atoms with Gasteiger partial charge in [0, 0.05) is 0 Å². The minimum Gasteiger partial charge on any atom is -0.474 e. The van der Waals surface area contributed by atoms with E-state index in [0.717, 1.165) is 20.3 Å². The van der Waals surface area contributed by atoms with E-state index in [9.17, 15) is 14.4 Å². The lowest BCUT2D eigenvalue weighted by atomic mass is 10.4. The topological polar surface area (TPSA) is 88.1 Å². The summed E-state index contributed by atoms with van der Waals surface area (Å²) >= 11 is 0. The van der Waals surface area contributed by atoms with E-state index in [-0.39, 0.29) is 6.61 Å². The summed E-state index contributed by atoms with van der Waals surface area (Å²) in [6.07, 6.45) is 0.783. The number of rotatable bonds is 6. The van der Waals surface area contributed by atoms with Gasteiger partial charge in [-0.05, 0) is 6.92 Å². The van der Waals surface area contributed by atoms with Crippen LogP contribution in [0.5, 0.6) is 0 Å². The summed E-state index contributed by atoms with van der Waals surface area (Å²) in [5.41, 5.74) is 0. The van der Waals surface area contributed by atoms with Gasteiger partial charge in [0.1, 0.15) is 0 Å². The first kappa shape index (κ1) is 14.9. The fourth-order valence-corrected chi connectivity index (χ4v) is 0.765. The van der Waals surface area contributed by atoms with Gasteiger partial charge in [-0.25, -0.2) is 14.4 Å². The summed E-state index contributed by atoms with van der Waals surface area (Å²) in [6, 6.07) is 0. The van der Waals surface area contributed by atoms with Crippen molar-refractivity contribution in [2.45, 2.75) is 6.92 Å². The van der Waals surface area contributed by atoms with Gasteiger partial charge in [0.15, 0.2) is 6.61 Å². The van der Waals surface area contributed by atoms with Gasteiger partial charge >= 0.3 is 17.9 Å². The van der Waals surface area contributed by atoms with Crippen molar-refractivity contribution < 1.29 is 33.3 Å². The standard InChI is InChI=1S/C10H14O7/c1-4-16-9(12)6-17-7(10(13)15-3)5-8(11)14-2/h5H,4,6H2,1-3H3/b7-5+.